The number of pyridine rings is 1. The Bertz CT molecular complexity index is 444. The molecule has 0 amide bonds. The van der Waals surface area contributed by atoms with Crippen molar-refractivity contribution >= 4 is 5.69 Å². The van der Waals surface area contributed by atoms with Gasteiger partial charge in [0, 0.05) is 12.6 Å². The minimum Gasteiger partial charge on any atom is -0.367 e. The summed E-state index contributed by atoms with van der Waals surface area (Å²) in [6.45, 7) is 1.15. The van der Waals surface area contributed by atoms with E-state index in [1.807, 2.05) is 12.3 Å². The molecule has 2 atom stereocenters. The van der Waals surface area contributed by atoms with Gasteiger partial charge in [-0.1, -0.05) is 12.8 Å². The third-order valence-corrected chi connectivity index (χ3v) is 4.44. The molecule has 3 rings (SSSR count). The topological polar surface area (TPSA) is 39.9 Å². The molecule has 1 saturated carbocycles. The molecular formula is C15H19N3. The van der Waals surface area contributed by atoms with Gasteiger partial charge in [0.05, 0.1) is 11.9 Å². The minimum absolute atomic E-state index is 0.510. The van der Waals surface area contributed by atoms with Gasteiger partial charge in [-0.2, -0.15) is 5.26 Å². The molecule has 0 N–H and O–H groups in total. The first-order valence-electron chi connectivity index (χ1n) is 7.01. The van der Waals surface area contributed by atoms with Gasteiger partial charge in [0.2, 0.25) is 0 Å². The summed E-state index contributed by atoms with van der Waals surface area (Å²) < 4.78 is 0. The average molecular weight is 241 g/mol. The molecule has 1 aromatic heterocycles. The summed E-state index contributed by atoms with van der Waals surface area (Å²) in [4.78, 5) is 6.74. The van der Waals surface area contributed by atoms with E-state index in [-0.39, 0.29) is 0 Å². The van der Waals surface area contributed by atoms with Crippen molar-refractivity contribution in [1.82, 2.24) is 4.98 Å². The van der Waals surface area contributed by atoms with Crippen LogP contribution in [0.15, 0.2) is 18.3 Å². The van der Waals surface area contributed by atoms with E-state index in [4.69, 9.17) is 5.26 Å². The molecule has 0 spiro atoms. The van der Waals surface area contributed by atoms with Gasteiger partial charge in [-0.25, -0.2) is 4.98 Å². The Kier molecular flexibility index (Phi) is 3.19. The van der Waals surface area contributed by atoms with Crippen LogP contribution in [0.5, 0.6) is 0 Å². The van der Waals surface area contributed by atoms with E-state index in [1.54, 1.807) is 0 Å². The maximum absolute atomic E-state index is 8.80. The molecule has 2 fully saturated rings. The summed E-state index contributed by atoms with van der Waals surface area (Å²) in [5.41, 5.74) is 1.71. The number of anilines is 1. The molecule has 0 aromatic carbocycles. The van der Waals surface area contributed by atoms with Crippen molar-refractivity contribution in [3.05, 3.63) is 24.0 Å². The van der Waals surface area contributed by atoms with Crippen molar-refractivity contribution < 1.29 is 0 Å². The number of nitrogens with zero attached hydrogens (tertiary/aromatic N) is 3. The van der Waals surface area contributed by atoms with E-state index in [0.29, 0.717) is 11.7 Å². The van der Waals surface area contributed by atoms with Crippen LogP contribution in [0.3, 0.4) is 0 Å². The van der Waals surface area contributed by atoms with E-state index < -0.39 is 0 Å². The quantitative estimate of drug-likeness (QED) is 0.758. The molecule has 1 aliphatic heterocycles. The minimum atomic E-state index is 0.510. The fourth-order valence-electron chi connectivity index (χ4n) is 3.57. The molecule has 2 heterocycles. The van der Waals surface area contributed by atoms with Crippen LogP contribution in [0.2, 0.25) is 0 Å². The molecule has 3 nitrogen and oxygen atoms in total. The second-order valence-corrected chi connectivity index (χ2v) is 5.46. The Morgan fingerprint density at radius 1 is 1.17 bits per heavy atom. The van der Waals surface area contributed by atoms with Crippen LogP contribution in [0.1, 0.15) is 44.2 Å². The van der Waals surface area contributed by atoms with Crippen LogP contribution >= 0.6 is 0 Å². The molecule has 94 valence electrons. The summed E-state index contributed by atoms with van der Waals surface area (Å²) in [7, 11) is 0. The normalized spacial score (nSPS) is 27.4. The van der Waals surface area contributed by atoms with Crippen molar-refractivity contribution in [3.8, 4) is 6.07 Å². The van der Waals surface area contributed by atoms with Crippen molar-refractivity contribution in [2.24, 2.45) is 5.92 Å². The number of piperidine rings is 1. The molecule has 18 heavy (non-hydrogen) atoms. The first kappa shape index (κ1) is 11.5. The van der Waals surface area contributed by atoms with Crippen LogP contribution in [-0.2, 0) is 0 Å². The van der Waals surface area contributed by atoms with Crippen molar-refractivity contribution in [1.29, 1.82) is 5.26 Å². The van der Waals surface area contributed by atoms with Crippen LogP contribution < -0.4 is 4.90 Å². The SMILES string of the molecule is N#Cc1ccc(N2CCC[C@H]3CCCC[C@H]32)cn1. The van der Waals surface area contributed by atoms with Gasteiger partial charge in [-0.3, -0.25) is 0 Å². The maximum Gasteiger partial charge on any atom is 0.140 e. The smallest absolute Gasteiger partial charge is 0.140 e. The van der Waals surface area contributed by atoms with Gasteiger partial charge < -0.3 is 4.90 Å². The Labute approximate surface area is 108 Å². The second-order valence-electron chi connectivity index (χ2n) is 5.46. The molecular weight excluding hydrogens is 222 g/mol. The predicted molar refractivity (Wildman–Crippen MR) is 71.3 cm³/mol. The lowest BCUT2D eigenvalue weighted by molar-refractivity contribution is 0.243. The zero-order valence-corrected chi connectivity index (χ0v) is 10.7. The van der Waals surface area contributed by atoms with Crippen LogP contribution in [-0.4, -0.2) is 17.6 Å². The Morgan fingerprint density at radius 3 is 2.78 bits per heavy atom. The molecule has 0 radical (unpaired) electrons. The Hall–Kier alpha value is -1.56. The van der Waals surface area contributed by atoms with E-state index in [9.17, 15) is 0 Å². The van der Waals surface area contributed by atoms with Gasteiger partial charge in [-0.05, 0) is 43.7 Å². The zero-order chi connectivity index (χ0) is 12.4. The van der Waals surface area contributed by atoms with E-state index in [0.717, 1.165) is 12.5 Å². The third kappa shape index (κ3) is 2.08. The predicted octanol–water partition coefficient (Wildman–Crippen LogP) is 3.11. The molecule has 1 aliphatic carbocycles. The molecule has 2 aliphatic rings. The van der Waals surface area contributed by atoms with Gasteiger partial charge in [0.15, 0.2) is 0 Å². The second kappa shape index (κ2) is 4.97. The standard InChI is InChI=1S/C15H19N3/c16-10-13-7-8-14(11-17-13)18-9-3-5-12-4-1-2-6-15(12)18/h7-8,11-12,15H,1-6,9H2/t12-,15-/m1/s1. The largest absolute Gasteiger partial charge is 0.367 e. The monoisotopic (exact) mass is 241 g/mol. The highest BCUT2D eigenvalue weighted by atomic mass is 15.2. The van der Waals surface area contributed by atoms with Gasteiger partial charge in [0.1, 0.15) is 11.8 Å². The molecule has 0 bridgehead atoms. The highest BCUT2D eigenvalue weighted by Gasteiger charge is 2.33. The van der Waals surface area contributed by atoms with Crippen LogP contribution in [0.25, 0.3) is 0 Å². The molecule has 3 heteroatoms. The summed E-state index contributed by atoms with van der Waals surface area (Å²) in [5, 5.41) is 8.80. The molecule has 1 aromatic rings. The first-order valence-corrected chi connectivity index (χ1v) is 7.01. The van der Waals surface area contributed by atoms with Gasteiger partial charge >= 0.3 is 0 Å². The van der Waals surface area contributed by atoms with Gasteiger partial charge in [0.25, 0.3) is 0 Å². The Balaban J connectivity index is 1.82. The first-order chi connectivity index (χ1) is 8.88. The number of rotatable bonds is 1. The van der Waals surface area contributed by atoms with Crippen LogP contribution in [0, 0.1) is 17.2 Å². The Morgan fingerprint density at radius 2 is 2.00 bits per heavy atom. The molecule has 0 unspecified atom stereocenters. The van der Waals surface area contributed by atoms with Crippen molar-refractivity contribution in [2.45, 2.75) is 44.6 Å². The third-order valence-electron chi connectivity index (χ3n) is 4.44. The summed E-state index contributed by atoms with van der Waals surface area (Å²) >= 11 is 0. The van der Waals surface area contributed by atoms with E-state index in [2.05, 4.69) is 22.0 Å². The van der Waals surface area contributed by atoms with Gasteiger partial charge in [-0.15, -0.1) is 0 Å². The fraction of sp³-hybridized carbons (Fsp3) is 0.600. The highest BCUT2D eigenvalue weighted by molar-refractivity contribution is 5.47. The summed E-state index contributed by atoms with van der Waals surface area (Å²) in [6, 6.07) is 6.69. The summed E-state index contributed by atoms with van der Waals surface area (Å²) in [5.74, 6) is 0.878. The molecule has 1 saturated heterocycles. The van der Waals surface area contributed by atoms with E-state index >= 15 is 0 Å². The lowest BCUT2D eigenvalue weighted by Gasteiger charge is -2.45. The van der Waals surface area contributed by atoms with E-state index in [1.165, 1.54) is 44.2 Å². The number of fused-ring (bicyclic) bond motifs is 1. The number of nitriles is 1. The maximum atomic E-state index is 8.80. The van der Waals surface area contributed by atoms with Crippen LogP contribution in [0.4, 0.5) is 5.69 Å². The number of aromatic nitrogens is 1. The number of hydrogen-bond donors (Lipinski definition) is 0. The van der Waals surface area contributed by atoms with Crippen molar-refractivity contribution in [2.75, 3.05) is 11.4 Å². The number of hydrogen-bond acceptors (Lipinski definition) is 3. The highest BCUT2D eigenvalue weighted by Crippen LogP contribution is 2.37. The average Bonchev–Trinajstić information content (AvgIpc) is 2.47. The lowest BCUT2D eigenvalue weighted by Crippen LogP contribution is -2.46. The lowest BCUT2D eigenvalue weighted by atomic mass is 9.78. The summed E-state index contributed by atoms with van der Waals surface area (Å²) in [6.07, 6.45) is 10.0. The zero-order valence-electron chi connectivity index (χ0n) is 10.7. The fourth-order valence-corrected chi connectivity index (χ4v) is 3.57. The van der Waals surface area contributed by atoms with Crippen molar-refractivity contribution in [3.63, 3.8) is 0 Å².